The second kappa shape index (κ2) is 10.0. The molecule has 4 N–H and O–H groups in total. The summed E-state index contributed by atoms with van der Waals surface area (Å²) in [6.07, 6.45) is -11.6. The first-order valence-corrected chi connectivity index (χ1v) is 11.5. The summed E-state index contributed by atoms with van der Waals surface area (Å²) in [4.78, 5) is 29.2. The summed E-state index contributed by atoms with van der Waals surface area (Å²) in [6.45, 7) is -1.45. The van der Waals surface area contributed by atoms with E-state index in [0.717, 1.165) is 19.5 Å². The van der Waals surface area contributed by atoms with E-state index in [2.05, 4.69) is 15.4 Å². The number of nitrogens with two attached hydrogens (primary N) is 1. The third kappa shape index (κ3) is 5.18. The number of carbonyl (C=O) groups excluding carboxylic acids is 2. The molecule has 3 atom stereocenters. The van der Waals surface area contributed by atoms with Crippen molar-refractivity contribution in [3.05, 3.63) is 41.5 Å². The first kappa shape index (κ1) is 29.8. The Hall–Kier alpha value is -4.22. The van der Waals surface area contributed by atoms with Gasteiger partial charge in [0.2, 0.25) is 5.60 Å². The second-order valence-electron chi connectivity index (χ2n) is 9.26. The highest BCUT2D eigenvalue weighted by Crippen LogP contribution is 2.40. The largest absolute Gasteiger partial charge is 0.496 e. The molecule has 0 spiro atoms. The third-order valence-corrected chi connectivity index (χ3v) is 6.52. The SMILES string of the molecule is COc1cc(F)c(-c2cc(C(F)(F)F)c3c(N)ncnn23)cc1C(=O)N[C@@H]1CN(C(=O)[C@@](C)(O)C(F)(F)F)C[C@@H]1F. The van der Waals surface area contributed by atoms with Crippen LogP contribution in [0.1, 0.15) is 22.8 Å². The molecule has 4 rings (SSSR count). The van der Waals surface area contributed by atoms with Crippen LogP contribution in [-0.4, -0.2) is 80.6 Å². The highest BCUT2D eigenvalue weighted by molar-refractivity contribution is 5.99. The molecule has 0 bridgehead atoms. The number of carbonyl (C=O) groups is 2. The number of methoxy groups -OCH3 is 1. The fourth-order valence-electron chi connectivity index (χ4n) is 4.31. The van der Waals surface area contributed by atoms with Gasteiger partial charge in [0, 0.05) is 18.2 Å². The molecule has 18 heteroatoms. The molecule has 0 aliphatic carbocycles. The number of aromatic nitrogens is 3. The van der Waals surface area contributed by atoms with Crippen LogP contribution in [0.15, 0.2) is 24.5 Å². The molecule has 10 nitrogen and oxygen atoms in total. The highest BCUT2D eigenvalue weighted by atomic mass is 19.4. The van der Waals surface area contributed by atoms with Gasteiger partial charge in [-0.2, -0.15) is 31.4 Å². The number of aliphatic hydroxyl groups is 1. The minimum absolute atomic E-state index is 0.202. The van der Waals surface area contributed by atoms with Crippen LogP contribution in [0.2, 0.25) is 0 Å². The van der Waals surface area contributed by atoms with Gasteiger partial charge in [0.25, 0.3) is 11.8 Å². The van der Waals surface area contributed by atoms with Gasteiger partial charge >= 0.3 is 12.4 Å². The Morgan fingerprint density at radius 1 is 1.15 bits per heavy atom. The standard InChI is InChI=1S/C23H20F8N6O4/c1-21(40,23(29,30)31)20(39)36-6-13(25)14(7-36)35-19(38)10-3-9(12(24)5-16(10)41-2)15-4-11(22(26,27)28)17-18(32)33-8-34-37(15)17/h3-5,8,13-14,40H,6-7H2,1-2H3,(H,35,38)(H2,32,33,34)/t13-,14+,21+/m0/s1. The van der Waals surface area contributed by atoms with Crippen LogP contribution in [-0.2, 0) is 11.0 Å². The maximum Gasteiger partial charge on any atom is 0.426 e. The van der Waals surface area contributed by atoms with Crippen molar-refractivity contribution in [1.29, 1.82) is 0 Å². The molecule has 2 aromatic heterocycles. The lowest BCUT2D eigenvalue weighted by Gasteiger charge is -2.29. The molecule has 2 amide bonds. The number of alkyl halides is 7. The van der Waals surface area contributed by atoms with Crippen molar-refractivity contribution in [1.82, 2.24) is 24.8 Å². The average Bonchev–Trinajstić information content (AvgIpc) is 3.44. The quantitative estimate of drug-likeness (QED) is 0.386. The van der Waals surface area contributed by atoms with Crippen LogP contribution in [0.25, 0.3) is 16.8 Å². The number of halogens is 8. The first-order valence-electron chi connectivity index (χ1n) is 11.5. The Morgan fingerprint density at radius 2 is 1.80 bits per heavy atom. The van der Waals surface area contributed by atoms with Crippen molar-refractivity contribution in [3.8, 4) is 17.0 Å². The zero-order valence-electron chi connectivity index (χ0n) is 20.9. The Bertz CT molecular complexity index is 1520. The van der Waals surface area contributed by atoms with E-state index < -0.39 is 100 Å². The molecule has 1 saturated heterocycles. The predicted molar refractivity (Wildman–Crippen MR) is 124 cm³/mol. The minimum atomic E-state index is -5.36. The summed E-state index contributed by atoms with van der Waals surface area (Å²) in [7, 11) is 1.04. The molecule has 1 aromatic carbocycles. The Morgan fingerprint density at radius 3 is 2.39 bits per heavy atom. The lowest BCUT2D eigenvalue weighted by Crippen LogP contribution is -2.56. The number of ether oxygens (including phenoxy) is 1. The number of amides is 2. The molecule has 3 heterocycles. The van der Waals surface area contributed by atoms with Crippen molar-refractivity contribution < 1.29 is 54.6 Å². The number of likely N-dealkylation sites (tertiary alicyclic amines) is 1. The normalized spacial score (nSPS) is 19.3. The summed E-state index contributed by atoms with van der Waals surface area (Å²) in [5, 5.41) is 15.5. The van der Waals surface area contributed by atoms with E-state index in [1.165, 1.54) is 0 Å². The van der Waals surface area contributed by atoms with Crippen LogP contribution < -0.4 is 15.8 Å². The van der Waals surface area contributed by atoms with Gasteiger partial charge < -0.3 is 25.8 Å². The lowest BCUT2D eigenvalue weighted by molar-refractivity contribution is -0.249. The molecule has 222 valence electrons. The van der Waals surface area contributed by atoms with Crippen molar-refractivity contribution in [3.63, 3.8) is 0 Å². The average molecular weight is 596 g/mol. The number of fused-ring (bicyclic) bond motifs is 1. The zero-order valence-corrected chi connectivity index (χ0v) is 20.9. The number of hydrogen-bond acceptors (Lipinski definition) is 7. The Labute approximate surface area is 224 Å². The van der Waals surface area contributed by atoms with Gasteiger partial charge in [0.05, 0.1) is 36.5 Å². The van der Waals surface area contributed by atoms with Crippen molar-refractivity contribution in [2.24, 2.45) is 0 Å². The number of rotatable bonds is 5. The molecular formula is C23H20F8N6O4. The summed E-state index contributed by atoms with van der Waals surface area (Å²) in [5.74, 6) is -5.12. The van der Waals surface area contributed by atoms with Gasteiger partial charge in [-0.1, -0.05) is 0 Å². The molecule has 0 unspecified atom stereocenters. The fourth-order valence-corrected chi connectivity index (χ4v) is 4.31. The van der Waals surface area contributed by atoms with E-state index in [1.807, 2.05) is 0 Å². The molecule has 0 saturated carbocycles. The van der Waals surface area contributed by atoms with E-state index >= 15 is 4.39 Å². The number of nitrogens with zero attached hydrogens (tertiary/aromatic N) is 4. The third-order valence-electron chi connectivity index (χ3n) is 6.52. The van der Waals surface area contributed by atoms with Crippen molar-refractivity contribution in [2.45, 2.75) is 37.1 Å². The van der Waals surface area contributed by atoms with Gasteiger partial charge in [0.15, 0.2) is 5.82 Å². The molecule has 0 radical (unpaired) electrons. The predicted octanol–water partition coefficient (Wildman–Crippen LogP) is 2.74. The van der Waals surface area contributed by atoms with Gasteiger partial charge in [-0.05, 0) is 19.1 Å². The molecule has 1 fully saturated rings. The molecular weight excluding hydrogens is 576 g/mol. The molecule has 1 aliphatic rings. The summed E-state index contributed by atoms with van der Waals surface area (Å²) in [6, 6.07) is 0.465. The number of benzene rings is 1. The Kier molecular flexibility index (Phi) is 7.26. The van der Waals surface area contributed by atoms with Crippen LogP contribution in [0.4, 0.5) is 40.9 Å². The van der Waals surface area contributed by atoms with E-state index in [1.54, 1.807) is 0 Å². The van der Waals surface area contributed by atoms with Crippen LogP contribution in [0.5, 0.6) is 5.75 Å². The van der Waals surface area contributed by atoms with Crippen LogP contribution in [0.3, 0.4) is 0 Å². The first-order chi connectivity index (χ1) is 18.9. The molecule has 3 aromatic rings. The van der Waals surface area contributed by atoms with Crippen molar-refractivity contribution >= 4 is 23.1 Å². The maximum atomic E-state index is 15.1. The summed E-state index contributed by atoms with van der Waals surface area (Å²) >= 11 is 0. The zero-order chi connectivity index (χ0) is 30.7. The smallest absolute Gasteiger partial charge is 0.426 e. The number of nitrogens with one attached hydrogen (secondary N) is 1. The summed E-state index contributed by atoms with van der Waals surface area (Å²) in [5.41, 5.74) is -1.73. The van der Waals surface area contributed by atoms with Gasteiger partial charge in [-0.3, -0.25) is 9.59 Å². The topological polar surface area (TPSA) is 135 Å². The number of nitrogen functional groups attached to an aromatic ring is 1. The fraction of sp³-hybridized carbons (Fsp3) is 0.391. The van der Waals surface area contributed by atoms with Gasteiger partial charge in [-0.25, -0.2) is 18.3 Å². The maximum absolute atomic E-state index is 15.1. The molecule has 41 heavy (non-hydrogen) atoms. The number of anilines is 1. The van der Waals surface area contributed by atoms with Gasteiger partial charge in [-0.15, -0.1) is 0 Å². The van der Waals surface area contributed by atoms with Crippen LogP contribution in [0, 0.1) is 5.82 Å². The number of hydrogen-bond donors (Lipinski definition) is 3. The Balaban J connectivity index is 1.69. The van der Waals surface area contributed by atoms with E-state index in [0.29, 0.717) is 21.5 Å². The van der Waals surface area contributed by atoms with E-state index in [4.69, 9.17) is 10.5 Å². The van der Waals surface area contributed by atoms with E-state index in [-0.39, 0.29) is 6.92 Å². The van der Waals surface area contributed by atoms with Crippen LogP contribution >= 0.6 is 0 Å². The van der Waals surface area contributed by atoms with E-state index in [9.17, 15) is 45.4 Å². The second-order valence-corrected chi connectivity index (χ2v) is 9.26. The minimum Gasteiger partial charge on any atom is -0.496 e. The molecule has 1 aliphatic heterocycles. The summed E-state index contributed by atoms with van der Waals surface area (Å²) < 4.78 is 116. The highest BCUT2D eigenvalue weighted by Gasteiger charge is 2.58. The monoisotopic (exact) mass is 596 g/mol. The lowest BCUT2D eigenvalue weighted by atomic mass is 10.0. The van der Waals surface area contributed by atoms with Gasteiger partial charge in [0.1, 0.15) is 29.6 Å². The van der Waals surface area contributed by atoms with Crippen molar-refractivity contribution in [2.75, 3.05) is 25.9 Å².